The van der Waals surface area contributed by atoms with Gasteiger partial charge in [-0.15, -0.1) is 0 Å². The van der Waals surface area contributed by atoms with Gasteiger partial charge in [-0.2, -0.15) is 0 Å². The number of carbonyl (C=O) groups is 2. The topological polar surface area (TPSA) is 147 Å². The van der Waals surface area contributed by atoms with E-state index in [0.717, 1.165) is 23.8 Å². The number of benzene rings is 3. The number of anilines is 1. The fourth-order valence-corrected chi connectivity index (χ4v) is 6.00. The Bertz CT molecular complexity index is 1500. The molecule has 4 N–H and O–H groups in total. The number of carboxylic acids is 1. The van der Waals surface area contributed by atoms with E-state index in [1.807, 2.05) is 30.3 Å². The number of nitrogens with zero attached hydrogens (tertiary/aromatic N) is 2. The van der Waals surface area contributed by atoms with Gasteiger partial charge in [0.05, 0.1) is 29.1 Å². The maximum atomic E-state index is 13.6. The molecule has 0 aliphatic carbocycles. The number of carboxylic acid groups (broad SMARTS) is 1. The van der Waals surface area contributed by atoms with Crippen LogP contribution in [0.5, 0.6) is 5.75 Å². The van der Waals surface area contributed by atoms with Gasteiger partial charge in [0.15, 0.2) is 0 Å². The van der Waals surface area contributed by atoms with Crippen molar-refractivity contribution in [3.63, 3.8) is 0 Å². The zero-order valence-electron chi connectivity index (χ0n) is 21.7. The summed E-state index contributed by atoms with van der Waals surface area (Å²) in [5, 5.41) is 29.3. The summed E-state index contributed by atoms with van der Waals surface area (Å²) in [6.45, 7) is 1.76. The number of halogens is 1. The van der Waals surface area contributed by atoms with Gasteiger partial charge < -0.3 is 20.2 Å². The van der Waals surface area contributed by atoms with Crippen molar-refractivity contribution in [3.8, 4) is 5.75 Å². The van der Waals surface area contributed by atoms with E-state index in [-0.39, 0.29) is 29.0 Å². The number of sulfonamides is 1. The SMILES string of the molecule is CN(C(=O)Cc1cc(Cl)ccc1NS(=O)(=O)c1ccc(O)c(C(=O)O)c1)[C@H](CN1CC[C@H](O)C1)c1ccccc1. The molecule has 12 heteroatoms. The van der Waals surface area contributed by atoms with Crippen molar-refractivity contribution in [1.29, 1.82) is 0 Å². The minimum atomic E-state index is -4.28. The van der Waals surface area contributed by atoms with Crippen molar-refractivity contribution in [2.24, 2.45) is 0 Å². The average Bonchev–Trinajstić information content (AvgIpc) is 3.33. The lowest BCUT2D eigenvalue weighted by molar-refractivity contribution is -0.131. The Kier molecular flexibility index (Phi) is 8.99. The quantitative estimate of drug-likeness (QED) is 0.282. The summed E-state index contributed by atoms with van der Waals surface area (Å²) in [4.78, 5) is 28.3. The number of nitrogens with one attached hydrogen (secondary N) is 1. The molecule has 0 aromatic heterocycles. The van der Waals surface area contributed by atoms with Crippen LogP contribution in [0.4, 0.5) is 5.69 Å². The van der Waals surface area contributed by atoms with Crippen LogP contribution < -0.4 is 4.72 Å². The van der Waals surface area contributed by atoms with Gasteiger partial charge in [0.2, 0.25) is 5.91 Å². The van der Waals surface area contributed by atoms with E-state index in [4.69, 9.17) is 11.6 Å². The Morgan fingerprint density at radius 3 is 2.50 bits per heavy atom. The third kappa shape index (κ3) is 6.92. The molecular weight excluding hydrogens is 558 g/mol. The summed E-state index contributed by atoms with van der Waals surface area (Å²) in [6, 6.07) is 16.6. The third-order valence-corrected chi connectivity index (χ3v) is 8.48. The molecule has 1 amide bonds. The molecule has 1 fully saturated rings. The van der Waals surface area contributed by atoms with E-state index in [0.29, 0.717) is 36.6 Å². The predicted octanol–water partition coefficient (Wildman–Crippen LogP) is 3.35. The number of likely N-dealkylation sites (tertiary alicyclic amines) is 1. The first-order valence-electron chi connectivity index (χ1n) is 12.5. The number of aromatic carboxylic acids is 1. The molecule has 212 valence electrons. The molecule has 1 aliphatic rings. The van der Waals surface area contributed by atoms with Crippen LogP contribution in [0.1, 0.15) is 33.9 Å². The molecular formula is C28H30ClN3O7S. The third-order valence-electron chi connectivity index (χ3n) is 6.89. The summed E-state index contributed by atoms with van der Waals surface area (Å²) in [5.74, 6) is -2.33. The highest BCUT2D eigenvalue weighted by Crippen LogP contribution is 2.29. The highest BCUT2D eigenvalue weighted by molar-refractivity contribution is 7.92. The van der Waals surface area contributed by atoms with Crippen LogP contribution in [0, 0.1) is 0 Å². The van der Waals surface area contributed by atoms with Gasteiger partial charge in [0.1, 0.15) is 11.3 Å². The van der Waals surface area contributed by atoms with Gasteiger partial charge in [-0.25, -0.2) is 13.2 Å². The van der Waals surface area contributed by atoms with Crippen molar-refractivity contribution >= 4 is 39.2 Å². The van der Waals surface area contributed by atoms with Crippen LogP contribution >= 0.6 is 11.6 Å². The molecule has 0 unspecified atom stereocenters. The Morgan fingerprint density at radius 2 is 1.85 bits per heavy atom. The number of likely N-dealkylation sites (N-methyl/N-ethyl adjacent to an activating group) is 1. The molecule has 2 atom stereocenters. The van der Waals surface area contributed by atoms with E-state index in [9.17, 15) is 33.3 Å². The largest absolute Gasteiger partial charge is 0.507 e. The molecule has 1 aliphatic heterocycles. The fourth-order valence-electron chi connectivity index (χ4n) is 4.68. The predicted molar refractivity (Wildman–Crippen MR) is 150 cm³/mol. The van der Waals surface area contributed by atoms with Crippen molar-refractivity contribution < 1.29 is 33.3 Å². The first-order chi connectivity index (χ1) is 18.9. The Hall–Kier alpha value is -3.64. The highest BCUT2D eigenvalue weighted by atomic mass is 35.5. The van der Waals surface area contributed by atoms with Crippen LogP contribution in [-0.4, -0.2) is 78.2 Å². The first-order valence-corrected chi connectivity index (χ1v) is 14.4. The summed E-state index contributed by atoms with van der Waals surface area (Å²) in [6.07, 6.45) is 0.0939. The van der Waals surface area contributed by atoms with E-state index in [1.165, 1.54) is 18.2 Å². The maximum Gasteiger partial charge on any atom is 0.339 e. The number of β-amino-alcohol motifs (C(OH)–C–C–N with tert-alkyl or cyclic N) is 1. The molecule has 3 aromatic rings. The minimum Gasteiger partial charge on any atom is -0.507 e. The van der Waals surface area contributed by atoms with Gasteiger partial charge in [0.25, 0.3) is 10.0 Å². The van der Waals surface area contributed by atoms with Crippen LogP contribution in [-0.2, 0) is 21.2 Å². The number of hydrogen-bond donors (Lipinski definition) is 4. The lowest BCUT2D eigenvalue weighted by Gasteiger charge is -2.32. The van der Waals surface area contributed by atoms with E-state index < -0.39 is 33.4 Å². The zero-order valence-corrected chi connectivity index (χ0v) is 23.3. The van der Waals surface area contributed by atoms with E-state index in [2.05, 4.69) is 9.62 Å². The fraction of sp³-hybridized carbons (Fsp3) is 0.286. The van der Waals surface area contributed by atoms with Crippen LogP contribution in [0.15, 0.2) is 71.6 Å². The molecule has 1 saturated heterocycles. The molecule has 0 saturated carbocycles. The number of hydrogen-bond acceptors (Lipinski definition) is 7. The summed E-state index contributed by atoms with van der Waals surface area (Å²) in [5.41, 5.74) is 0.797. The van der Waals surface area contributed by atoms with Crippen LogP contribution in [0.3, 0.4) is 0 Å². The molecule has 1 heterocycles. The standard InChI is InChI=1S/C28H30ClN3O7S/c1-31(25(18-5-3-2-4-6-18)17-32-12-11-21(33)16-32)27(35)14-19-13-20(29)7-9-24(19)30-40(38,39)22-8-10-26(34)23(15-22)28(36)37/h2-10,13,15,21,25,30,33-34H,11-12,14,16-17H2,1H3,(H,36,37)/t21-,25+/m0/s1. The first kappa shape index (κ1) is 29.3. The molecule has 0 spiro atoms. The molecule has 0 radical (unpaired) electrons. The molecule has 40 heavy (non-hydrogen) atoms. The Balaban J connectivity index is 1.58. The number of aromatic hydroxyl groups is 1. The van der Waals surface area contributed by atoms with Gasteiger partial charge in [-0.3, -0.25) is 14.4 Å². The van der Waals surface area contributed by atoms with Gasteiger partial charge in [0, 0.05) is 31.7 Å². The molecule has 0 bridgehead atoms. The monoisotopic (exact) mass is 587 g/mol. The number of carbonyl (C=O) groups excluding carboxylic acids is 1. The van der Waals surface area contributed by atoms with Crippen molar-refractivity contribution in [2.75, 3.05) is 31.4 Å². The number of rotatable bonds is 10. The van der Waals surface area contributed by atoms with Gasteiger partial charge in [-0.1, -0.05) is 41.9 Å². The number of aliphatic hydroxyl groups excluding tert-OH is 1. The van der Waals surface area contributed by atoms with E-state index in [1.54, 1.807) is 11.9 Å². The molecule has 10 nitrogen and oxygen atoms in total. The average molecular weight is 588 g/mol. The Morgan fingerprint density at radius 1 is 1.12 bits per heavy atom. The molecule has 3 aromatic carbocycles. The Labute approximate surface area is 237 Å². The zero-order chi connectivity index (χ0) is 29.0. The van der Waals surface area contributed by atoms with Crippen molar-refractivity contribution in [3.05, 3.63) is 88.4 Å². The molecule has 4 rings (SSSR count). The second-order valence-corrected chi connectivity index (χ2v) is 11.8. The number of phenols is 1. The maximum absolute atomic E-state index is 13.6. The van der Waals surface area contributed by atoms with Gasteiger partial charge >= 0.3 is 5.97 Å². The second-order valence-electron chi connectivity index (χ2n) is 9.70. The highest BCUT2D eigenvalue weighted by Gasteiger charge is 2.29. The van der Waals surface area contributed by atoms with Crippen LogP contribution in [0.2, 0.25) is 5.02 Å². The number of amides is 1. The number of aliphatic hydroxyl groups is 1. The lowest BCUT2D eigenvalue weighted by atomic mass is 10.0. The van der Waals surface area contributed by atoms with Crippen molar-refractivity contribution in [1.82, 2.24) is 9.80 Å². The smallest absolute Gasteiger partial charge is 0.339 e. The van der Waals surface area contributed by atoms with Crippen LogP contribution in [0.25, 0.3) is 0 Å². The van der Waals surface area contributed by atoms with Crippen molar-refractivity contribution in [2.45, 2.75) is 29.9 Å². The second kappa shape index (κ2) is 12.3. The lowest BCUT2D eigenvalue weighted by Crippen LogP contribution is -2.39. The van der Waals surface area contributed by atoms with Gasteiger partial charge in [-0.05, 0) is 53.9 Å². The summed E-state index contributed by atoms with van der Waals surface area (Å²) >= 11 is 6.20. The van der Waals surface area contributed by atoms with E-state index >= 15 is 0 Å². The normalized spacial score (nSPS) is 16.4. The summed E-state index contributed by atoms with van der Waals surface area (Å²) < 4.78 is 28.7. The minimum absolute atomic E-state index is 0.107. The summed E-state index contributed by atoms with van der Waals surface area (Å²) in [7, 11) is -2.60.